The van der Waals surface area contributed by atoms with E-state index in [9.17, 15) is 0 Å². The summed E-state index contributed by atoms with van der Waals surface area (Å²) in [6.07, 6.45) is 1.75. The summed E-state index contributed by atoms with van der Waals surface area (Å²) in [7, 11) is 0. The summed E-state index contributed by atoms with van der Waals surface area (Å²) < 4.78 is 1.97. The number of aromatic nitrogens is 2. The van der Waals surface area contributed by atoms with Gasteiger partial charge >= 0.3 is 0 Å². The van der Waals surface area contributed by atoms with Gasteiger partial charge in [-0.25, -0.2) is 9.97 Å². The summed E-state index contributed by atoms with van der Waals surface area (Å²) in [4.78, 5) is 9.67. The Morgan fingerprint density at radius 1 is 1.29 bits per heavy atom. The number of benzene rings is 1. The molecule has 17 heavy (non-hydrogen) atoms. The van der Waals surface area contributed by atoms with E-state index in [1.54, 1.807) is 18.0 Å². The highest BCUT2D eigenvalue weighted by atomic mass is 127. The van der Waals surface area contributed by atoms with Crippen LogP contribution in [0, 0.1) is 3.57 Å². The Morgan fingerprint density at radius 3 is 2.65 bits per heavy atom. The molecule has 0 fully saturated rings. The maximum absolute atomic E-state index is 5.74. The molecule has 0 saturated carbocycles. The fourth-order valence-corrected chi connectivity index (χ4v) is 2.45. The van der Waals surface area contributed by atoms with Gasteiger partial charge in [-0.3, -0.25) is 0 Å². The molecule has 0 spiro atoms. The second-order valence-corrected chi connectivity index (χ2v) is 6.39. The molecule has 0 bridgehead atoms. The summed E-state index contributed by atoms with van der Waals surface area (Å²) in [6.45, 7) is 0. The van der Waals surface area contributed by atoms with Gasteiger partial charge in [0.15, 0.2) is 0 Å². The first-order valence-corrected chi connectivity index (χ1v) is 7.66. The molecular weight excluding hydrogens is 413 g/mol. The van der Waals surface area contributed by atoms with Crippen molar-refractivity contribution in [2.75, 3.05) is 5.73 Å². The number of anilines is 1. The number of thioether (sulfide) groups is 1. The van der Waals surface area contributed by atoms with Crippen LogP contribution in [0.1, 0.15) is 5.82 Å². The average molecular weight is 422 g/mol. The number of hydrogen-bond acceptors (Lipinski definition) is 4. The van der Waals surface area contributed by atoms with Gasteiger partial charge in [0.25, 0.3) is 0 Å². The van der Waals surface area contributed by atoms with Crippen LogP contribution in [0.2, 0.25) is 0 Å². The number of nitrogens with two attached hydrogens (primary N) is 1. The first-order chi connectivity index (χ1) is 8.15. The Labute approximate surface area is 126 Å². The molecule has 0 atom stereocenters. The molecule has 2 N–H and O–H groups in total. The third kappa shape index (κ3) is 3.82. The van der Waals surface area contributed by atoms with Gasteiger partial charge < -0.3 is 5.73 Å². The molecule has 0 saturated heterocycles. The van der Waals surface area contributed by atoms with Crippen LogP contribution >= 0.6 is 50.3 Å². The highest BCUT2D eigenvalue weighted by Crippen LogP contribution is 2.23. The molecule has 0 aliphatic carbocycles. The number of halogens is 2. The van der Waals surface area contributed by atoms with Gasteiger partial charge in [-0.15, -0.1) is 11.8 Å². The summed E-state index contributed by atoms with van der Waals surface area (Å²) in [5.74, 6) is 2.03. The molecule has 1 aromatic carbocycles. The molecule has 2 aromatic rings. The van der Waals surface area contributed by atoms with E-state index >= 15 is 0 Å². The van der Waals surface area contributed by atoms with Crippen molar-refractivity contribution in [2.24, 2.45) is 0 Å². The van der Waals surface area contributed by atoms with Crippen LogP contribution in [-0.2, 0) is 5.75 Å². The SMILES string of the molecule is Nc1nc(CSc2ccc(Br)cc2)ncc1I. The lowest BCUT2D eigenvalue weighted by molar-refractivity contribution is 1.03. The number of nitrogen functional groups attached to an aromatic ring is 1. The van der Waals surface area contributed by atoms with Crippen LogP contribution in [0.25, 0.3) is 0 Å². The number of hydrogen-bond donors (Lipinski definition) is 1. The van der Waals surface area contributed by atoms with Crippen molar-refractivity contribution in [1.29, 1.82) is 0 Å². The Kier molecular flexibility index (Phi) is 4.63. The number of rotatable bonds is 3. The van der Waals surface area contributed by atoms with Crippen LogP contribution in [-0.4, -0.2) is 9.97 Å². The molecule has 0 aliphatic rings. The van der Waals surface area contributed by atoms with Gasteiger partial charge in [-0.1, -0.05) is 15.9 Å². The van der Waals surface area contributed by atoms with Gasteiger partial charge in [-0.2, -0.15) is 0 Å². The van der Waals surface area contributed by atoms with E-state index in [1.165, 1.54) is 4.90 Å². The van der Waals surface area contributed by atoms with Crippen LogP contribution < -0.4 is 5.73 Å². The second kappa shape index (κ2) is 6.01. The monoisotopic (exact) mass is 421 g/mol. The molecule has 1 aromatic heterocycles. The Hall–Kier alpha value is -0.340. The highest BCUT2D eigenvalue weighted by Gasteiger charge is 2.02. The van der Waals surface area contributed by atoms with E-state index in [-0.39, 0.29) is 0 Å². The fraction of sp³-hybridized carbons (Fsp3) is 0.0909. The van der Waals surface area contributed by atoms with Crippen molar-refractivity contribution in [2.45, 2.75) is 10.6 Å². The third-order valence-corrected chi connectivity index (χ3v) is 4.37. The minimum atomic E-state index is 0.548. The zero-order valence-electron chi connectivity index (χ0n) is 8.73. The van der Waals surface area contributed by atoms with Crippen LogP contribution in [0.4, 0.5) is 5.82 Å². The van der Waals surface area contributed by atoms with Crippen LogP contribution in [0.15, 0.2) is 39.8 Å². The largest absolute Gasteiger partial charge is 0.383 e. The van der Waals surface area contributed by atoms with Crippen molar-refractivity contribution in [3.8, 4) is 0 Å². The molecule has 6 heteroatoms. The topological polar surface area (TPSA) is 51.8 Å². The first-order valence-electron chi connectivity index (χ1n) is 4.80. The molecule has 1 heterocycles. The van der Waals surface area contributed by atoms with E-state index in [1.807, 2.05) is 12.1 Å². The molecule has 88 valence electrons. The van der Waals surface area contributed by atoms with Crippen molar-refractivity contribution in [3.63, 3.8) is 0 Å². The maximum atomic E-state index is 5.74. The summed E-state index contributed by atoms with van der Waals surface area (Å²) in [6, 6.07) is 8.16. The van der Waals surface area contributed by atoms with E-state index in [0.29, 0.717) is 5.82 Å². The molecule has 0 radical (unpaired) electrons. The van der Waals surface area contributed by atoms with Crippen LogP contribution in [0.3, 0.4) is 0 Å². The predicted octanol–water partition coefficient (Wildman–Crippen LogP) is 3.72. The minimum absolute atomic E-state index is 0.548. The van der Waals surface area contributed by atoms with Gasteiger partial charge in [-0.05, 0) is 46.9 Å². The predicted molar refractivity (Wildman–Crippen MR) is 82.9 cm³/mol. The first kappa shape index (κ1) is 13.1. The van der Waals surface area contributed by atoms with E-state index in [0.717, 1.165) is 19.6 Å². The Balaban J connectivity index is 2.02. The van der Waals surface area contributed by atoms with Crippen molar-refractivity contribution >= 4 is 56.1 Å². The van der Waals surface area contributed by atoms with Crippen LogP contribution in [0.5, 0.6) is 0 Å². The fourth-order valence-electron chi connectivity index (χ4n) is 1.17. The Morgan fingerprint density at radius 2 is 2.00 bits per heavy atom. The zero-order valence-corrected chi connectivity index (χ0v) is 13.3. The highest BCUT2D eigenvalue weighted by molar-refractivity contribution is 14.1. The molecule has 0 unspecified atom stereocenters. The summed E-state index contributed by atoms with van der Waals surface area (Å²) >= 11 is 7.22. The van der Waals surface area contributed by atoms with Crippen molar-refractivity contribution in [1.82, 2.24) is 9.97 Å². The van der Waals surface area contributed by atoms with Gasteiger partial charge in [0.1, 0.15) is 11.6 Å². The smallest absolute Gasteiger partial charge is 0.140 e. The van der Waals surface area contributed by atoms with Gasteiger partial charge in [0.05, 0.1) is 9.32 Å². The second-order valence-electron chi connectivity index (χ2n) is 3.26. The lowest BCUT2D eigenvalue weighted by Crippen LogP contribution is -2.00. The van der Waals surface area contributed by atoms with E-state index in [4.69, 9.17) is 5.73 Å². The lowest BCUT2D eigenvalue weighted by atomic mass is 10.4. The average Bonchev–Trinajstić information content (AvgIpc) is 2.33. The minimum Gasteiger partial charge on any atom is -0.383 e. The molecule has 0 aliphatic heterocycles. The molecule has 3 nitrogen and oxygen atoms in total. The number of nitrogens with zero attached hydrogens (tertiary/aromatic N) is 2. The van der Waals surface area contributed by atoms with Gasteiger partial charge in [0, 0.05) is 15.6 Å². The van der Waals surface area contributed by atoms with Crippen molar-refractivity contribution in [3.05, 3.63) is 44.3 Å². The van der Waals surface area contributed by atoms with Crippen molar-refractivity contribution < 1.29 is 0 Å². The summed E-state index contributed by atoms with van der Waals surface area (Å²) in [5, 5.41) is 0. The zero-order chi connectivity index (χ0) is 12.3. The molecule has 2 rings (SSSR count). The maximum Gasteiger partial charge on any atom is 0.140 e. The van der Waals surface area contributed by atoms with Gasteiger partial charge in [0.2, 0.25) is 0 Å². The quantitative estimate of drug-likeness (QED) is 0.606. The summed E-state index contributed by atoms with van der Waals surface area (Å²) in [5.41, 5.74) is 5.74. The standard InChI is InChI=1S/C11H9BrIN3S/c12-7-1-3-8(4-2-7)17-6-10-15-5-9(13)11(14)16-10/h1-5H,6H2,(H2,14,15,16). The lowest BCUT2D eigenvalue weighted by Gasteiger charge is -2.03. The van der Waals surface area contributed by atoms with E-state index in [2.05, 4.69) is 60.6 Å². The third-order valence-electron chi connectivity index (χ3n) is 2.00. The Bertz CT molecular complexity index is 519. The molecule has 0 amide bonds. The molecular formula is C11H9BrIN3S. The van der Waals surface area contributed by atoms with E-state index < -0.39 is 0 Å². The normalized spacial score (nSPS) is 10.5.